The van der Waals surface area contributed by atoms with Gasteiger partial charge < -0.3 is 19.9 Å². The summed E-state index contributed by atoms with van der Waals surface area (Å²) in [6.45, 7) is 2.67. The smallest absolute Gasteiger partial charge is 0.254 e. The summed E-state index contributed by atoms with van der Waals surface area (Å²) in [5.74, 6) is 1.61. The first-order valence-electron chi connectivity index (χ1n) is 11.1. The van der Waals surface area contributed by atoms with Gasteiger partial charge in [-0.15, -0.1) is 5.10 Å². The summed E-state index contributed by atoms with van der Waals surface area (Å²) in [4.78, 5) is 28.9. The maximum absolute atomic E-state index is 12.5. The van der Waals surface area contributed by atoms with Crippen LogP contribution in [0.1, 0.15) is 23.2 Å². The molecule has 0 aliphatic carbocycles. The first-order valence-corrected chi connectivity index (χ1v) is 12.0. The first-order chi connectivity index (χ1) is 16.2. The van der Waals surface area contributed by atoms with Crippen LogP contribution in [-0.2, 0) is 4.79 Å². The van der Waals surface area contributed by atoms with Crippen molar-refractivity contribution in [3.63, 3.8) is 0 Å². The van der Waals surface area contributed by atoms with E-state index < -0.39 is 0 Å². The van der Waals surface area contributed by atoms with Gasteiger partial charge in [-0.25, -0.2) is 0 Å². The number of aromatic nitrogens is 2. The van der Waals surface area contributed by atoms with Gasteiger partial charge in [0, 0.05) is 56.3 Å². The Bertz CT molecular complexity index is 1080. The molecule has 2 aromatic heterocycles. The van der Waals surface area contributed by atoms with Crippen molar-refractivity contribution in [3.05, 3.63) is 65.0 Å². The van der Waals surface area contributed by atoms with Crippen molar-refractivity contribution in [3.8, 4) is 5.75 Å². The normalized spacial score (nSPS) is 16.8. The predicted molar refractivity (Wildman–Crippen MR) is 127 cm³/mol. The van der Waals surface area contributed by atoms with Gasteiger partial charge in [-0.3, -0.25) is 9.59 Å². The minimum absolute atomic E-state index is 0.00599. The number of thiophene rings is 1. The Balaban J connectivity index is 1.06. The number of rotatable bonds is 6. The number of hydrogen-bond acceptors (Lipinski definition) is 7. The highest BCUT2D eigenvalue weighted by Gasteiger charge is 2.33. The van der Waals surface area contributed by atoms with E-state index in [4.69, 9.17) is 4.74 Å². The Morgan fingerprint density at radius 2 is 1.85 bits per heavy atom. The molecular formula is C24H25N5O3S. The van der Waals surface area contributed by atoms with Crippen LogP contribution < -0.4 is 15.0 Å². The maximum Gasteiger partial charge on any atom is 0.254 e. The van der Waals surface area contributed by atoms with Crippen LogP contribution in [-0.4, -0.2) is 59.2 Å². The number of nitrogens with zero attached hydrogens (tertiary/aromatic N) is 4. The molecule has 0 saturated carbocycles. The molecule has 9 heteroatoms. The Kier molecular flexibility index (Phi) is 6.21. The fourth-order valence-electron chi connectivity index (χ4n) is 4.09. The van der Waals surface area contributed by atoms with Crippen LogP contribution in [0.5, 0.6) is 5.75 Å². The SMILES string of the molecule is O=C(Nc1ccc(OC2CCN(C(=O)c3ccsc3)CC2)cc1)C1CN(c2cccnn2)C1. The minimum atomic E-state index is -0.0649. The van der Waals surface area contributed by atoms with Crippen molar-refractivity contribution in [2.45, 2.75) is 18.9 Å². The van der Waals surface area contributed by atoms with Crippen LogP contribution in [0.2, 0.25) is 0 Å². The molecule has 170 valence electrons. The van der Waals surface area contributed by atoms with Crippen LogP contribution in [0, 0.1) is 5.92 Å². The summed E-state index contributed by atoms with van der Waals surface area (Å²) in [6.07, 6.45) is 3.33. The number of benzene rings is 1. The molecule has 8 nitrogen and oxygen atoms in total. The standard InChI is InChI=1S/C24H25N5O3S/c30-23(18-14-29(15-18)22-2-1-10-25-27-22)26-19-3-5-20(6-4-19)32-21-7-11-28(12-8-21)24(31)17-9-13-33-16-17/h1-6,9-10,13,16,18,21H,7-8,11-12,14-15H2,(H,26,30). The fraction of sp³-hybridized carbons (Fsp3) is 0.333. The zero-order chi connectivity index (χ0) is 22.6. The van der Waals surface area contributed by atoms with E-state index in [9.17, 15) is 9.59 Å². The second-order valence-corrected chi connectivity index (χ2v) is 9.10. The molecule has 1 N–H and O–H groups in total. The molecule has 3 aromatic rings. The fourth-order valence-corrected chi connectivity index (χ4v) is 4.72. The average Bonchev–Trinajstić information content (AvgIpc) is 3.35. The summed E-state index contributed by atoms with van der Waals surface area (Å²) in [6, 6.07) is 13.1. The molecule has 2 amide bonds. The number of nitrogens with one attached hydrogen (secondary N) is 1. The Morgan fingerprint density at radius 3 is 2.52 bits per heavy atom. The zero-order valence-electron chi connectivity index (χ0n) is 18.1. The van der Waals surface area contributed by atoms with Crippen LogP contribution in [0.25, 0.3) is 0 Å². The molecule has 0 bridgehead atoms. The van der Waals surface area contributed by atoms with E-state index in [1.807, 2.05) is 63.0 Å². The molecule has 1 aromatic carbocycles. The number of likely N-dealkylation sites (tertiary alicyclic amines) is 1. The van der Waals surface area contributed by atoms with E-state index in [2.05, 4.69) is 15.5 Å². The van der Waals surface area contributed by atoms with Gasteiger partial charge in [-0.05, 0) is 47.8 Å². The van der Waals surface area contributed by atoms with Crippen molar-refractivity contribution in [1.29, 1.82) is 0 Å². The topological polar surface area (TPSA) is 87.7 Å². The van der Waals surface area contributed by atoms with Gasteiger partial charge in [0.15, 0.2) is 5.82 Å². The summed E-state index contributed by atoms with van der Waals surface area (Å²) >= 11 is 1.54. The van der Waals surface area contributed by atoms with Gasteiger partial charge in [0.05, 0.1) is 11.5 Å². The Morgan fingerprint density at radius 1 is 1.06 bits per heavy atom. The monoisotopic (exact) mass is 463 g/mol. The van der Waals surface area contributed by atoms with Gasteiger partial charge >= 0.3 is 0 Å². The number of ether oxygens (including phenoxy) is 1. The third-order valence-corrected chi connectivity index (χ3v) is 6.74. The molecule has 0 unspecified atom stereocenters. The molecule has 2 saturated heterocycles. The van der Waals surface area contributed by atoms with Crippen molar-refractivity contribution in [2.24, 2.45) is 5.92 Å². The average molecular weight is 464 g/mol. The lowest BCUT2D eigenvalue weighted by Gasteiger charge is -2.38. The summed E-state index contributed by atoms with van der Waals surface area (Å²) < 4.78 is 6.11. The highest BCUT2D eigenvalue weighted by Crippen LogP contribution is 2.25. The Labute approximate surface area is 196 Å². The van der Waals surface area contributed by atoms with Crippen molar-refractivity contribution >= 4 is 34.7 Å². The maximum atomic E-state index is 12.5. The third kappa shape index (κ3) is 4.98. The molecule has 2 fully saturated rings. The van der Waals surface area contributed by atoms with E-state index in [0.29, 0.717) is 26.2 Å². The molecule has 0 atom stereocenters. The van der Waals surface area contributed by atoms with Gasteiger partial charge in [0.25, 0.3) is 5.91 Å². The van der Waals surface area contributed by atoms with Crippen LogP contribution in [0.4, 0.5) is 11.5 Å². The second kappa shape index (κ2) is 9.58. The molecule has 0 radical (unpaired) electrons. The number of carbonyl (C=O) groups is 2. The zero-order valence-corrected chi connectivity index (χ0v) is 18.9. The molecule has 4 heterocycles. The first kappa shape index (κ1) is 21.4. The molecule has 0 spiro atoms. The highest BCUT2D eigenvalue weighted by molar-refractivity contribution is 7.08. The summed E-state index contributed by atoms with van der Waals surface area (Å²) in [5, 5.41) is 14.7. The number of amides is 2. The van der Waals surface area contributed by atoms with Gasteiger partial charge in [-0.2, -0.15) is 16.4 Å². The molecule has 5 rings (SSSR count). The van der Waals surface area contributed by atoms with Gasteiger partial charge in [0.2, 0.25) is 5.91 Å². The van der Waals surface area contributed by atoms with E-state index in [1.165, 1.54) is 11.3 Å². The van der Waals surface area contributed by atoms with Crippen LogP contribution >= 0.6 is 11.3 Å². The Hall–Kier alpha value is -3.46. The summed E-state index contributed by atoms with van der Waals surface area (Å²) in [5.41, 5.74) is 1.52. The minimum Gasteiger partial charge on any atom is -0.490 e. The van der Waals surface area contributed by atoms with Gasteiger partial charge in [0.1, 0.15) is 11.9 Å². The molecular weight excluding hydrogens is 438 g/mol. The largest absolute Gasteiger partial charge is 0.490 e. The van der Waals surface area contributed by atoms with E-state index >= 15 is 0 Å². The van der Waals surface area contributed by atoms with E-state index in [0.717, 1.165) is 35.7 Å². The highest BCUT2D eigenvalue weighted by atomic mass is 32.1. The van der Waals surface area contributed by atoms with E-state index in [-0.39, 0.29) is 23.8 Å². The second-order valence-electron chi connectivity index (χ2n) is 8.32. The van der Waals surface area contributed by atoms with Crippen molar-refractivity contribution in [1.82, 2.24) is 15.1 Å². The number of piperidine rings is 1. The van der Waals surface area contributed by atoms with Crippen molar-refractivity contribution < 1.29 is 14.3 Å². The number of carbonyl (C=O) groups excluding carboxylic acids is 2. The summed E-state index contributed by atoms with van der Waals surface area (Å²) in [7, 11) is 0. The number of anilines is 2. The lowest BCUT2D eigenvalue weighted by Crippen LogP contribution is -2.52. The van der Waals surface area contributed by atoms with Crippen molar-refractivity contribution in [2.75, 3.05) is 36.4 Å². The van der Waals surface area contributed by atoms with Crippen LogP contribution in [0.15, 0.2) is 59.4 Å². The molecule has 2 aliphatic rings. The lowest BCUT2D eigenvalue weighted by atomic mass is 9.99. The van der Waals surface area contributed by atoms with Crippen LogP contribution in [0.3, 0.4) is 0 Å². The molecule has 2 aliphatic heterocycles. The predicted octanol–water partition coefficient (Wildman–Crippen LogP) is 3.30. The quantitative estimate of drug-likeness (QED) is 0.604. The van der Waals surface area contributed by atoms with Gasteiger partial charge in [-0.1, -0.05) is 0 Å². The molecule has 33 heavy (non-hydrogen) atoms. The third-order valence-electron chi connectivity index (χ3n) is 6.06. The van der Waals surface area contributed by atoms with E-state index in [1.54, 1.807) is 6.20 Å². The lowest BCUT2D eigenvalue weighted by molar-refractivity contribution is -0.120. The number of hydrogen-bond donors (Lipinski definition) is 1.